The molecular formula is C15H21N3O3. The Kier molecular flexibility index (Phi) is 5.59. The van der Waals surface area contributed by atoms with Crippen molar-refractivity contribution in [2.45, 2.75) is 19.2 Å². The van der Waals surface area contributed by atoms with Crippen LogP contribution in [0.2, 0.25) is 0 Å². The highest BCUT2D eigenvalue weighted by Crippen LogP contribution is 2.24. The third-order valence-corrected chi connectivity index (χ3v) is 3.15. The number of aromatic nitrogens is 2. The minimum absolute atomic E-state index is 0.472. The van der Waals surface area contributed by atoms with Crippen LogP contribution in [-0.4, -0.2) is 41.8 Å². The van der Waals surface area contributed by atoms with Crippen LogP contribution in [0.4, 0.5) is 0 Å². The highest BCUT2D eigenvalue weighted by atomic mass is 16.5. The monoisotopic (exact) mass is 291 g/mol. The van der Waals surface area contributed by atoms with Gasteiger partial charge in [-0.1, -0.05) is 6.07 Å². The topological polar surface area (TPSA) is 68.5 Å². The van der Waals surface area contributed by atoms with E-state index in [0.717, 1.165) is 17.1 Å². The van der Waals surface area contributed by atoms with E-state index in [-0.39, 0.29) is 0 Å². The highest BCUT2D eigenvalue weighted by molar-refractivity contribution is 5.40. The maximum absolute atomic E-state index is 9.93. The molecule has 6 nitrogen and oxygen atoms in total. The zero-order valence-electron chi connectivity index (χ0n) is 12.3. The van der Waals surface area contributed by atoms with Gasteiger partial charge in [0.25, 0.3) is 0 Å². The Bertz CT molecular complexity index is 543. The lowest BCUT2D eigenvalue weighted by Crippen LogP contribution is -2.30. The fourth-order valence-electron chi connectivity index (χ4n) is 2.06. The molecule has 0 saturated heterocycles. The predicted octanol–water partition coefficient (Wildman–Crippen LogP) is 1.05. The molecule has 2 aromatic rings. The third-order valence-electron chi connectivity index (χ3n) is 3.15. The van der Waals surface area contributed by atoms with Crippen LogP contribution >= 0.6 is 0 Å². The molecule has 0 spiro atoms. The van der Waals surface area contributed by atoms with Gasteiger partial charge >= 0.3 is 0 Å². The number of ether oxygens (including phenoxy) is 2. The number of methoxy groups -OCH3 is 2. The molecule has 1 aromatic carbocycles. The number of nitrogens with one attached hydrogen (secondary N) is 1. The van der Waals surface area contributed by atoms with Gasteiger partial charge in [0.2, 0.25) is 0 Å². The smallest absolute Gasteiger partial charge is 0.127 e. The molecule has 0 amide bonds. The van der Waals surface area contributed by atoms with E-state index in [0.29, 0.717) is 19.6 Å². The Labute approximate surface area is 124 Å². The predicted molar refractivity (Wildman–Crippen MR) is 79.5 cm³/mol. The van der Waals surface area contributed by atoms with Crippen molar-refractivity contribution in [2.24, 2.45) is 0 Å². The summed E-state index contributed by atoms with van der Waals surface area (Å²) in [7, 11) is 3.25. The number of nitrogens with zero attached hydrogens (tertiary/aromatic N) is 2. The summed E-state index contributed by atoms with van der Waals surface area (Å²) in [5.74, 6) is 1.53. The summed E-state index contributed by atoms with van der Waals surface area (Å²) in [6.45, 7) is 1.57. The Balaban J connectivity index is 1.82. The Morgan fingerprint density at radius 1 is 1.33 bits per heavy atom. The molecule has 114 valence electrons. The van der Waals surface area contributed by atoms with Gasteiger partial charge in [0.15, 0.2) is 0 Å². The second kappa shape index (κ2) is 7.66. The first-order valence-corrected chi connectivity index (χ1v) is 6.80. The molecule has 0 aliphatic carbocycles. The van der Waals surface area contributed by atoms with E-state index in [1.165, 1.54) is 0 Å². The van der Waals surface area contributed by atoms with Gasteiger partial charge in [-0.3, -0.25) is 4.68 Å². The Hall–Kier alpha value is -2.05. The first kappa shape index (κ1) is 15.3. The minimum atomic E-state index is -0.492. The molecule has 0 fully saturated rings. The van der Waals surface area contributed by atoms with Gasteiger partial charge in [0.1, 0.15) is 11.5 Å². The second-order valence-corrected chi connectivity index (χ2v) is 4.69. The molecule has 1 unspecified atom stereocenters. The summed E-state index contributed by atoms with van der Waals surface area (Å²) in [6, 6.07) is 7.52. The lowest BCUT2D eigenvalue weighted by molar-refractivity contribution is 0.146. The summed E-state index contributed by atoms with van der Waals surface area (Å²) < 4.78 is 12.2. The lowest BCUT2D eigenvalue weighted by atomic mass is 10.2. The van der Waals surface area contributed by atoms with Crippen molar-refractivity contribution >= 4 is 0 Å². The third kappa shape index (κ3) is 4.47. The fourth-order valence-corrected chi connectivity index (χ4v) is 2.06. The van der Waals surface area contributed by atoms with Crippen LogP contribution < -0.4 is 14.8 Å². The molecule has 0 aliphatic heterocycles. The van der Waals surface area contributed by atoms with E-state index in [4.69, 9.17) is 9.47 Å². The zero-order chi connectivity index (χ0) is 15.1. The molecule has 1 aromatic heterocycles. The molecule has 0 aliphatic rings. The number of hydrogen-bond donors (Lipinski definition) is 2. The molecule has 0 saturated carbocycles. The number of rotatable bonds is 8. The maximum atomic E-state index is 9.93. The first-order chi connectivity index (χ1) is 10.2. The largest absolute Gasteiger partial charge is 0.497 e. The van der Waals surface area contributed by atoms with Gasteiger partial charge in [0.05, 0.1) is 26.9 Å². The van der Waals surface area contributed by atoms with Crippen LogP contribution in [0.5, 0.6) is 11.5 Å². The average Bonchev–Trinajstić information content (AvgIpc) is 3.00. The van der Waals surface area contributed by atoms with Crippen molar-refractivity contribution in [3.63, 3.8) is 0 Å². The van der Waals surface area contributed by atoms with Crippen LogP contribution in [0.1, 0.15) is 5.56 Å². The van der Waals surface area contributed by atoms with Crippen molar-refractivity contribution in [2.75, 3.05) is 20.8 Å². The highest BCUT2D eigenvalue weighted by Gasteiger charge is 2.08. The lowest BCUT2D eigenvalue weighted by Gasteiger charge is -2.14. The average molecular weight is 291 g/mol. The van der Waals surface area contributed by atoms with E-state index >= 15 is 0 Å². The van der Waals surface area contributed by atoms with Crippen molar-refractivity contribution in [1.29, 1.82) is 0 Å². The summed E-state index contributed by atoms with van der Waals surface area (Å²) in [6.07, 6.45) is 3.03. The van der Waals surface area contributed by atoms with Crippen molar-refractivity contribution in [3.8, 4) is 11.5 Å². The molecule has 1 heterocycles. The molecule has 1 atom stereocenters. The van der Waals surface area contributed by atoms with Gasteiger partial charge in [-0.15, -0.1) is 0 Å². The second-order valence-electron chi connectivity index (χ2n) is 4.69. The van der Waals surface area contributed by atoms with E-state index in [1.807, 2.05) is 30.5 Å². The minimum Gasteiger partial charge on any atom is -0.497 e. The molecule has 2 N–H and O–H groups in total. The maximum Gasteiger partial charge on any atom is 0.127 e. The molecular weight excluding hydrogens is 270 g/mol. The Morgan fingerprint density at radius 2 is 2.19 bits per heavy atom. The van der Waals surface area contributed by atoms with E-state index in [2.05, 4.69) is 10.4 Å². The fraction of sp³-hybridized carbons (Fsp3) is 0.400. The quantitative estimate of drug-likeness (QED) is 0.761. The number of aliphatic hydroxyl groups is 1. The van der Waals surface area contributed by atoms with E-state index in [9.17, 15) is 5.11 Å². The van der Waals surface area contributed by atoms with Gasteiger partial charge in [-0.05, 0) is 12.1 Å². The SMILES string of the molecule is COc1ccc(CNCC(O)Cn2cccn2)c(OC)c1. The van der Waals surface area contributed by atoms with Crippen LogP contribution in [0.3, 0.4) is 0 Å². The standard InChI is InChI=1S/C15H21N3O3/c1-20-14-5-4-12(15(8-14)21-2)9-16-10-13(19)11-18-7-3-6-17-18/h3-8,13,16,19H,9-11H2,1-2H3. The molecule has 0 bridgehead atoms. The summed E-state index contributed by atoms with van der Waals surface area (Å²) >= 11 is 0. The summed E-state index contributed by atoms with van der Waals surface area (Å²) in [5, 5.41) is 17.2. The van der Waals surface area contributed by atoms with E-state index < -0.39 is 6.10 Å². The normalized spacial score (nSPS) is 12.1. The number of benzene rings is 1. The molecule has 2 rings (SSSR count). The Morgan fingerprint density at radius 3 is 2.86 bits per heavy atom. The summed E-state index contributed by atoms with van der Waals surface area (Å²) in [5.41, 5.74) is 1.02. The molecule has 21 heavy (non-hydrogen) atoms. The van der Waals surface area contributed by atoms with E-state index in [1.54, 1.807) is 25.1 Å². The van der Waals surface area contributed by atoms with Crippen molar-refractivity contribution in [1.82, 2.24) is 15.1 Å². The van der Waals surface area contributed by atoms with Gasteiger partial charge in [0, 0.05) is 37.1 Å². The molecule has 6 heteroatoms. The zero-order valence-corrected chi connectivity index (χ0v) is 12.3. The first-order valence-electron chi connectivity index (χ1n) is 6.80. The summed E-state index contributed by atoms with van der Waals surface area (Å²) in [4.78, 5) is 0. The van der Waals surface area contributed by atoms with Crippen LogP contribution in [0.25, 0.3) is 0 Å². The van der Waals surface area contributed by atoms with Crippen molar-refractivity contribution < 1.29 is 14.6 Å². The number of hydrogen-bond acceptors (Lipinski definition) is 5. The van der Waals surface area contributed by atoms with Gasteiger partial charge < -0.3 is 19.9 Å². The number of aliphatic hydroxyl groups excluding tert-OH is 1. The van der Waals surface area contributed by atoms with Crippen LogP contribution in [0, 0.1) is 0 Å². The van der Waals surface area contributed by atoms with Crippen LogP contribution in [-0.2, 0) is 13.1 Å². The van der Waals surface area contributed by atoms with Gasteiger partial charge in [-0.2, -0.15) is 5.10 Å². The van der Waals surface area contributed by atoms with Crippen LogP contribution in [0.15, 0.2) is 36.7 Å². The molecule has 0 radical (unpaired) electrons. The van der Waals surface area contributed by atoms with Crippen molar-refractivity contribution in [3.05, 3.63) is 42.2 Å². The van der Waals surface area contributed by atoms with Gasteiger partial charge in [-0.25, -0.2) is 0 Å².